The molecule has 0 bridgehead atoms. The molecule has 0 aliphatic heterocycles. The first-order valence-electron chi connectivity index (χ1n) is 9.95. The molecule has 0 unspecified atom stereocenters. The van der Waals surface area contributed by atoms with Crippen molar-refractivity contribution in [3.8, 4) is 0 Å². The molecular weight excluding hydrogens is 390 g/mol. The molecule has 1 aromatic carbocycles. The number of ether oxygens (including phenoxy) is 1. The fraction of sp³-hybridized carbons (Fsp3) is 0.591. The monoisotopic (exact) mass is 425 g/mol. The average molecular weight is 426 g/mol. The van der Waals surface area contributed by atoms with Crippen LogP contribution in [0, 0.1) is 12.8 Å². The first-order valence-corrected chi connectivity index (χ1v) is 11.4. The van der Waals surface area contributed by atoms with E-state index in [9.17, 15) is 18.3 Å². The first-order chi connectivity index (χ1) is 13.4. The quantitative estimate of drug-likeness (QED) is 0.457. The van der Waals surface area contributed by atoms with Gasteiger partial charge in [0.05, 0.1) is 11.5 Å². The lowest BCUT2D eigenvalue weighted by Gasteiger charge is -2.30. The van der Waals surface area contributed by atoms with E-state index in [-0.39, 0.29) is 24.0 Å². The van der Waals surface area contributed by atoms with Gasteiger partial charge < -0.3 is 9.84 Å². The van der Waals surface area contributed by atoms with E-state index >= 15 is 0 Å². The minimum absolute atomic E-state index is 0.160. The Morgan fingerprint density at radius 2 is 1.79 bits per heavy atom. The van der Waals surface area contributed by atoms with E-state index < -0.39 is 27.6 Å². The summed E-state index contributed by atoms with van der Waals surface area (Å²) < 4.78 is 33.0. The van der Waals surface area contributed by atoms with Crippen molar-refractivity contribution in [2.24, 2.45) is 5.92 Å². The molecule has 1 aromatic rings. The van der Waals surface area contributed by atoms with Crippen molar-refractivity contribution >= 4 is 16.0 Å². The summed E-state index contributed by atoms with van der Waals surface area (Å²) >= 11 is 0. The molecule has 0 heterocycles. The van der Waals surface area contributed by atoms with Gasteiger partial charge in [-0.25, -0.2) is 13.2 Å². The van der Waals surface area contributed by atoms with Crippen LogP contribution in [0.2, 0.25) is 0 Å². The summed E-state index contributed by atoms with van der Waals surface area (Å²) in [4.78, 5) is 12.0. The molecule has 1 N–H and O–H groups in total. The number of esters is 1. The molecule has 0 aliphatic rings. The van der Waals surface area contributed by atoms with Gasteiger partial charge in [-0.3, -0.25) is 0 Å². The highest BCUT2D eigenvalue weighted by atomic mass is 32.2. The van der Waals surface area contributed by atoms with Crippen molar-refractivity contribution in [3.63, 3.8) is 0 Å². The van der Waals surface area contributed by atoms with Gasteiger partial charge in [-0.2, -0.15) is 4.31 Å². The SMILES string of the molecule is Cc1ccc(S(=O)(=O)N(CC/C=C/C(=O)OC(C)(C)C)[C@H](CO)CC(C)C)cc1. The number of sulfonamides is 1. The number of carbonyl (C=O) groups is 1. The Labute approximate surface area is 175 Å². The van der Waals surface area contributed by atoms with Crippen LogP contribution >= 0.6 is 0 Å². The van der Waals surface area contributed by atoms with Crippen LogP contribution in [-0.2, 0) is 19.6 Å². The van der Waals surface area contributed by atoms with Gasteiger partial charge in [0.25, 0.3) is 0 Å². The van der Waals surface area contributed by atoms with E-state index in [4.69, 9.17) is 4.74 Å². The molecule has 1 atom stereocenters. The lowest BCUT2D eigenvalue weighted by Crippen LogP contribution is -2.43. The number of rotatable bonds is 10. The average Bonchev–Trinajstić information content (AvgIpc) is 2.58. The number of hydrogen-bond acceptors (Lipinski definition) is 5. The van der Waals surface area contributed by atoms with E-state index in [1.807, 2.05) is 20.8 Å². The number of aliphatic hydroxyl groups is 1. The van der Waals surface area contributed by atoms with Gasteiger partial charge in [0, 0.05) is 18.7 Å². The summed E-state index contributed by atoms with van der Waals surface area (Å²) in [5, 5.41) is 9.87. The van der Waals surface area contributed by atoms with Crippen molar-refractivity contribution in [2.75, 3.05) is 13.2 Å². The summed E-state index contributed by atoms with van der Waals surface area (Å²) in [5.41, 5.74) is 0.387. The lowest BCUT2D eigenvalue weighted by molar-refractivity contribution is -0.148. The molecule has 0 radical (unpaired) electrons. The van der Waals surface area contributed by atoms with Crippen LogP contribution in [0.3, 0.4) is 0 Å². The second-order valence-corrected chi connectivity index (χ2v) is 10.5. The van der Waals surface area contributed by atoms with Gasteiger partial charge in [0.2, 0.25) is 10.0 Å². The molecule has 29 heavy (non-hydrogen) atoms. The van der Waals surface area contributed by atoms with E-state index in [0.29, 0.717) is 12.8 Å². The molecule has 0 fully saturated rings. The molecule has 164 valence electrons. The maximum Gasteiger partial charge on any atom is 0.330 e. The minimum Gasteiger partial charge on any atom is -0.457 e. The Morgan fingerprint density at radius 1 is 1.21 bits per heavy atom. The molecular formula is C22H35NO5S. The zero-order chi connectivity index (χ0) is 22.2. The third kappa shape index (κ3) is 8.68. The number of benzene rings is 1. The van der Waals surface area contributed by atoms with Crippen LogP contribution in [0.1, 0.15) is 53.0 Å². The summed E-state index contributed by atoms with van der Waals surface area (Å²) in [6.45, 7) is 11.1. The van der Waals surface area contributed by atoms with Crippen LogP contribution < -0.4 is 0 Å². The fourth-order valence-corrected chi connectivity index (χ4v) is 4.53. The highest BCUT2D eigenvalue weighted by Gasteiger charge is 2.31. The van der Waals surface area contributed by atoms with E-state index in [1.54, 1.807) is 51.1 Å². The van der Waals surface area contributed by atoms with Gasteiger partial charge >= 0.3 is 5.97 Å². The molecule has 7 heteroatoms. The van der Waals surface area contributed by atoms with Crippen molar-refractivity contribution in [1.29, 1.82) is 0 Å². The van der Waals surface area contributed by atoms with Gasteiger partial charge in [-0.05, 0) is 58.6 Å². The second kappa shape index (κ2) is 10.9. The maximum atomic E-state index is 13.2. The van der Waals surface area contributed by atoms with E-state index in [0.717, 1.165) is 5.56 Å². The van der Waals surface area contributed by atoms with Crippen LogP contribution in [0.25, 0.3) is 0 Å². The minimum atomic E-state index is -3.78. The number of carbonyl (C=O) groups excluding carboxylic acids is 1. The Hall–Kier alpha value is -1.70. The van der Waals surface area contributed by atoms with E-state index in [1.165, 1.54) is 10.4 Å². The molecule has 0 aromatic heterocycles. The zero-order valence-corrected chi connectivity index (χ0v) is 19.2. The number of nitrogens with zero attached hydrogens (tertiary/aromatic N) is 1. The second-order valence-electron chi connectivity index (χ2n) is 8.62. The molecule has 0 saturated heterocycles. The van der Waals surface area contributed by atoms with Gasteiger partial charge in [-0.1, -0.05) is 37.6 Å². The molecule has 6 nitrogen and oxygen atoms in total. The zero-order valence-electron chi connectivity index (χ0n) is 18.4. The largest absolute Gasteiger partial charge is 0.457 e. The number of hydrogen-bond donors (Lipinski definition) is 1. The lowest BCUT2D eigenvalue weighted by atomic mass is 10.0. The van der Waals surface area contributed by atoms with Crippen LogP contribution in [-0.4, -0.2) is 48.6 Å². The van der Waals surface area contributed by atoms with Gasteiger partial charge in [-0.15, -0.1) is 0 Å². The normalized spacial score (nSPS) is 14.0. The van der Waals surface area contributed by atoms with Crippen molar-refractivity contribution in [3.05, 3.63) is 42.0 Å². The summed E-state index contributed by atoms with van der Waals surface area (Å²) in [6.07, 6.45) is 3.80. The Balaban J connectivity index is 3.03. The third-order valence-corrected chi connectivity index (χ3v) is 6.13. The fourth-order valence-electron chi connectivity index (χ4n) is 2.89. The summed E-state index contributed by atoms with van der Waals surface area (Å²) in [5.74, 6) is -0.244. The standard InChI is InChI=1S/C22H35NO5S/c1-17(2)15-19(16-24)23(14-8-7-9-21(25)28-22(4,5)6)29(26,27)20-12-10-18(3)11-13-20/h7,9-13,17,19,24H,8,14-16H2,1-6H3/b9-7+/t19-/m0/s1. The Kier molecular flexibility index (Phi) is 9.52. The number of aryl methyl sites for hydroxylation is 1. The third-order valence-electron chi connectivity index (χ3n) is 4.17. The van der Waals surface area contributed by atoms with E-state index in [2.05, 4.69) is 0 Å². The molecule has 0 aliphatic carbocycles. The van der Waals surface area contributed by atoms with Crippen LogP contribution in [0.4, 0.5) is 0 Å². The Morgan fingerprint density at radius 3 is 2.28 bits per heavy atom. The van der Waals surface area contributed by atoms with Crippen LogP contribution in [0.15, 0.2) is 41.3 Å². The maximum absolute atomic E-state index is 13.2. The number of aliphatic hydroxyl groups excluding tert-OH is 1. The predicted molar refractivity (Wildman–Crippen MR) is 115 cm³/mol. The predicted octanol–water partition coefficient (Wildman–Crippen LogP) is 3.68. The molecule has 0 amide bonds. The molecule has 0 spiro atoms. The van der Waals surface area contributed by atoms with Gasteiger partial charge in [0.15, 0.2) is 0 Å². The Bertz CT molecular complexity index is 776. The van der Waals surface area contributed by atoms with Crippen molar-refractivity contribution in [2.45, 2.75) is 70.9 Å². The highest BCUT2D eigenvalue weighted by molar-refractivity contribution is 7.89. The van der Waals surface area contributed by atoms with Gasteiger partial charge in [0.1, 0.15) is 5.60 Å². The molecule has 0 saturated carbocycles. The highest BCUT2D eigenvalue weighted by Crippen LogP contribution is 2.23. The summed E-state index contributed by atoms with van der Waals surface area (Å²) in [6, 6.07) is 6.14. The first kappa shape index (κ1) is 25.3. The van der Waals surface area contributed by atoms with Crippen molar-refractivity contribution in [1.82, 2.24) is 4.31 Å². The van der Waals surface area contributed by atoms with Crippen molar-refractivity contribution < 1.29 is 23.1 Å². The van der Waals surface area contributed by atoms with Crippen LogP contribution in [0.5, 0.6) is 0 Å². The summed E-state index contributed by atoms with van der Waals surface area (Å²) in [7, 11) is -3.78. The molecule has 1 rings (SSSR count). The smallest absolute Gasteiger partial charge is 0.330 e. The topological polar surface area (TPSA) is 83.9 Å².